The van der Waals surface area contributed by atoms with Crippen LogP contribution in [0, 0.1) is 0 Å². The molecule has 0 aromatic rings. The Labute approximate surface area is 84.4 Å². The quantitative estimate of drug-likeness (QED) is 0.301. The maximum atomic E-state index is 10.9. The first-order valence-corrected chi connectivity index (χ1v) is 4.76. The van der Waals surface area contributed by atoms with E-state index in [0.29, 0.717) is 25.5 Å². The van der Waals surface area contributed by atoms with E-state index in [-0.39, 0.29) is 12.5 Å². The highest BCUT2D eigenvalue weighted by atomic mass is 16.6. The van der Waals surface area contributed by atoms with Gasteiger partial charge < -0.3 is 14.9 Å². The highest BCUT2D eigenvalue weighted by Gasteiger charge is 1.98. The van der Waals surface area contributed by atoms with E-state index in [1.165, 1.54) is 0 Å². The summed E-state index contributed by atoms with van der Waals surface area (Å²) in [5.74, 6) is 0.445. The van der Waals surface area contributed by atoms with E-state index in [1.807, 2.05) is 13.8 Å². The van der Waals surface area contributed by atoms with E-state index in [0.717, 1.165) is 0 Å². The van der Waals surface area contributed by atoms with E-state index in [2.05, 4.69) is 10.5 Å². The molecular formula is C9H18N2O3. The number of nitrogens with one attached hydrogen (secondary N) is 1. The SMILES string of the molecule is CCNC(=O)CCON=C(C)OCC. The van der Waals surface area contributed by atoms with Gasteiger partial charge in [0.25, 0.3) is 0 Å². The lowest BCUT2D eigenvalue weighted by molar-refractivity contribution is -0.122. The van der Waals surface area contributed by atoms with Crippen LogP contribution < -0.4 is 5.32 Å². The van der Waals surface area contributed by atoms with Crippen molar-refractivity contribution >= 4 is 11.8 Å². The fraction of sp³-hybridized carbons (Fsp3) is 0.778. The first kappa shape index (κ1) is 12.7. The van der Waals surface area contributed by atoms with Crippen molar-refractivity contribution in [2.24, 2.45) is 5.16 Å². The van der Waals surface area contributed by atoms with Crippen molar-refractivity contribution in [1.29, 1.82) is 0 Å². The van der Waals surface area contributed by atoms with Gasteiger partial charge in [-0.1, -0.05) is 5.16 Å². The molecule has 0 aromatic carbocycles. The number of carbonyl (C=O) groups excluding carboxylic acids is 1. The molecule has 0 aliphatic rings. The number of hydrogen-bond acceptors (Lipinski definition) is 4. The standard InChI is InChI=1S/C9H18N2O3/c1-4-10-9(12)6-7-14-11-8(3)13-5-2/h4-7H2,1-3H3,(H,10,12). The molecule has 0 spiro atoms. The molecule has 1 amide bonds. The number of nitrogens with zero attached hydrogens (tertiary/aromatic N) is 1. The Morgan fingerprint density at radius 3 is 2.71 bits per heavy atom. The van der Waals surface area contributed by atoms with Gasteiger partial charge in [-0.2, -0.15) is 0 Å². The smallest absolute Gasteiger partial charge is 0.223 e. The molecule has 0 saturated carbocycles. The Kier molecular flexibility index (Phi) is 7.59. The Hall–Kier alpha value is -1.26. The van der Waals surface area contributed by atoms with E-state index in [1.54, 1.807) is 6.92 Å². The van der Waals surface area contributed by atoms with Crippen LogP contribution in [0.1, 0.15) is 27.2 Å². The van der Waals surface area contributed by atoms with Crippen molar-refractivity contribution in [2.45, 2.75) is 27.2 Å². The average Bonchev–Trinajstić information content (AvgIpc) is 2.13. The lowest BCUT2D eigenvalue weighted by atomic mass is 10.4. The molecule has 82 valence electrons. The van der Waals surface area contributed by atoms with Gasteiger partial charge >= 0.3 is 0 Å². The minimum atomic E-state index is -0.0308. The number of amides is 1. The second-order valence-electron chi connectivity index (χ2n) is 2.58. The molecule has 0 rings (SSSR count). The number of carbonyl (C=O) groups is 1. The molecule has 5 nitrogen and oxygen atoms in total. The van der Waals surface area contributed by atoms with Crippen molar-refractivity contribution < 1.29 is 14.4 Å². The minimum absolute atomic E-state index is 0.0308. The van der Waals surface area contributed by atoms with E-state index in [4.69, 9.17) is 9.57 Å². The zero-order valence-corrected chi connectivity index (χ0v) is 9.00. The molecule has 0 aliphatic heterocycles. The number of ether oxygens (including phenoxy) is 1. The summed E-state index contributed by atoms with van der Waals surface area (Å²) in [5.41, 5.74) is 0. The van der Waals surface area contributed by atoms with Crippen molar-refractivity contribution in [1.82, 2.24) is 5.32 Å². The minimum Gasteiger partial charge on any atom is -0.479 e. The van der Waals surface area contributed by atoms with Gasteiger partial charge in [0, 0.05) is 13.5 Å². The topological polar surface area (TPSA) is 59.9 Å². The molecule has 0 fully saturated rings. The highest BCUT2D eigenvalue weighted by Crippen LogP contribution is 1.87. The fourth-order valence-corrected chi connectivity index (χ4v) is 0.796. The van der Waals surface area contributed by atoms with Gasteiger partial charge in [-0.15, -0.1) is 0 Å². The first-order chi connectivity index (χ1) is 6.70. The summed E-state index contributed by atoms with van der Waals surface area (Å²) in [7, 11) is 0. The van der Waals surface area contributed by atoms with E-state index in [9.17, 15) is 4.79 Å². The molecule has 0 bridgehead atoms. The van der Waals surface area contributed by atoms with Gasteiger partial charge in [-0.25, -0.2) is 0 Å². The molecule has 0 aromatic heterocycles. The van der Waals surface area contributed by atoms with Crippen molar-refractivity contribution in [3.63, 3.8) is 0 Å². The van der Waals surface area contributed by atoms with E-state index < -0.39 is 0 Å². The van der Waals surface area contributed by atoms with Crippen LogP contribution in [0.3, 0.4) is 0 Å². The van der Waals surface area contributed by atoms with Gasteiger partial charge in [0.2, 0.25) is 11.8 Å². The third-order valence-corrected chi connectivity index (χ3v) is 1.34. The molecule has 0 atom stereocenters. The summed E-state index contributed by atoms with van der Waals surface area (Å²) < 4.78 is 5.02. The Morgan fingerprint density at radius 2 is 2.14 bits per heavy atom. The van der Waals surface area contributed by atoms with Crippen molar-refractivity contribution in [3.8, 4) is 0 Å². The summed E-state index contributed by atoms with van der Waals surface area (Å²) in [6.45, 7) is 6.92. The van der Waals surface area contributed by atoms with Gasteiger partial charge in [0.1, 0.15) is 6.61 Å². The third kappa shape index (κ3) is 7.39. The van der Waals surface area contributed by atoms with Gasteiger partial charge in [0.05, 0.1) is 13.0 Å². The summed E-state index contributed by atoms with van der Waals surface area (Å²) in [6.07, 6.45) is 0.316. The summed E-state index contributed by atoms with van der Waals surface area (Å²) in [5, 5.41) is 6.32. The molecule has 0 saturated heterocycles. The molecule has 5 heteroatoms. The zero-order valence-electron chi connectivity index (χ0n) is 9.00. The predicted molar refractivity (Wildman–Crippen MR) is 54.0 cm³/mol. The molecule has 0 heterocycles. The Bertz CT molecular complexity index is 192. The molecular weight excluding hydrogens is 184 g/mol. The molecule has 1 N–H and O–H groups in total. The van der Waals surface area contributed by atoms with Crippen LogP contribution in [0.5, 0.6) is 0 Å². The largest absolute Gasteiger partial charge is 0.479 e. The monoisotopic (exact) mass is 202 g/mol. The Morgan fingerprint density at radius 1 is 1.43 bits per heavy atom. The lowest BCUT2D eigenvalue weighted by Crippen LogP contribution is -2.23. The number of rotatable bonds is 6. The van der Waals surface area contributed by atoms with Crippen LogP contribution in [-0.4, -0.2) is 31.6 Å². The van der Waals surface area contributed by atoms with Gasteiger partial charge in [0.15, 0.2) is 0 Å². The van der Waals surface area contributed by atoms with Crippen molar-refractivity contribution in [2.75, 3.05) is 19.8 Å². The molecule has 14 heavy (non-hydrogen) atoms. The molecule has 0 aliphatic carbocycles. The second kappa shape index (κ2) is 8.34. The first-order valence-electron chi connectivity index (χ1n) is 4.76. The lowest BCUT2D eigenvalue weighted by Gasteiger charge is -2.02. The Balaban J connectivity index is 3.45. The van der Waals surface area contributed by atoms with Crippen LogP contribution in [-0.2, 0) is 14.4 Å². The van der Waals surface area contributed by atoms with Crippen LogP contribution in [0.15, 0.2) is 5.16 Å². The number of hydrogen-bond donors (Lipinski definition) is 1. The molecule has 0 radical (unpaired) electrons. The molecule has 0 unspecified atom stereocenters. The van der Waals surface area contributed by atoms with Gasteiger partial charge in [-0.3, -0.25) is 4.79 Å². The predicted octanol–water partition coefficient (Wildman–Crippen LogP) is 0.899. The van der Waals surface area contributed by atoms with Crippen LogP contribution >= 0.6 is 0 Å². The van der Waals surface area contributed by atoms with E-state index >= 15 is 0 Å². The van der Waals surface area contributed by atoms with Crippen LogP contribution in [0.25, 0.3) is 0 Å². The highest BCUT2D eigenvalue weighted by molar-refractivity contribution is 5.75. The zero-order chi connectivity index (χ0) is 10.8. The number of oxime groups is 1. The normalized spacial score (nSPS) is 10.9. The van der Waals surface area contributed by atoms with Crippen LogP contribution in [0.4, 0.5) is 0 Å². The summed E-state index contributed by atoms with van der Waals surface area (Å²) in [4.78, 5) is 15.8. The van der Waals surface area contributed by atoms with Crippen LogP contribution in [0.2, 0.25) is 0 Å². The maximum absolute atomic E-state index is 10.9. The van der Waals surface area contributed by atoms with Gasteiger partial charge in [-0.05, 0) is 13.8 Å². The van der Waals surface area contributed by atoms with Crippen molar-refractivity contribution in [3.05, 3.63) is 0 Å². The maximum Gasteiger partial charge on any atom is 0.223 e. The third-order valence-electron chi connectivity index (χ3n) is 1.34. The summed E-state index contributed by atoms with van der Waals surface area (Å²) >= 11 is 0. The fourth-order valence-electron chi connectivity index (χ4n) is 0.796. The average molecular weight is 202 g/mol. The summed E-state index contributed by atoms with van der Waals surface area (Å²) in [6, 6.07) is 0. The second-order valence-corrected chi connectivity index (χ2v) is 2.58.